The number of carboxylic acid groups (broad SMARTS) is 1. The zero-order chi connectivity index (χ0) is 25.4. The maximum absolute atomic E-state index is 13.7. The van der Waals surface area contributed by atoms with Gasteiger partial charge in [0.15, 0.2) is 11.6 Å². The third-order valence-corrected chi connectivity index (χ3v) is 6.68. The SMILES string of the molecule is CC(C)(O)c1ncc(-c2ccc3nc4n(c3c2OC(F)F)C2CC4N(C(=O)O)c3ccccc32)cn1. The quantitative estimate of drug-likeness (QED) is 0.418. The van der Waals surface area contributed by atoms with Crippen molar-refractivity contribution in [3.63, 3.8) is 0 Å². The molecule has 184 valence electrons. The first-order valence-electron chi connectivity index (χ1n) is 11.3. The average molecular weight is 493 g/mol. The van der Waals surface area contributed by atoms with E-state index in [1.165, 1.54) is 17.3 Å². The number of aromatic nitrogens is 4. The van der Waals surface area contributed by atoms with Gasteiger partial charge in [-0.05, 0) is 37.6 Å². The van der Waals surface area contributed by atoms with Crippen molar-refractivity contribution in [1.82, 2.24) is 19.5 Å². The number of aliphatic hydroxyl groups is 1. The van der Waals surface area contributed by atoms with Crippen molar-refractivity contribution in [1.29, 1.82) is 0 Å². The van der Waals surface area contributed by atoms with E-state index in [2.05, 4.69) is 15.0 Å². The number of amides is 1. The normalized spacial score (nSPS) is 18.4. The molecule has 4 heterocycles. The minimum Gasteiger partial charge on any atom is -0.465 e. The van der Waals surface area contributed by atoms with Crippen LogP contribution in [0.1, 0.15) is 49.6 Å². The molecule has 0 saturated heterocycles. The minimum absolute atomic E-state index is 0.0900. The lowest BCUT2D eigenvalue weighted by molar-refractivity contribution is -0.0486. The van der Waals surface area contributed by atoms with E-state index in [-0.39, 0.29) is 17.6 Å². The Balaban J connectivity index is 1.59. The molecule has 2 aromatic heterocycles. The second kappa shape index (κ2) is 7.69. The van der Waals surface area contributed by atoms with E-state index >= 15 is 0 Å². The van der Waals surface area contributed by atoms with Gasteiger partial charge in [-0.3, -0.25) is 4.90 Å². The van der Waals surface area contributed by atoms with Crippen LogP contribution in [0.3, 0.4) is 0 Å². The molecule has 11 heteroatoms. The topological polar surface area (TPSA) is 114 Å². The Morgan fingerprint density at radius 1 is 1.14 bits per heavy atom. The van der Waals surface area contributed by atoms with Crippen LogP contribution in [0.2, 0.25) is 0 Å². The smallest absolute Gasteiger partial charge is 0.412 e. The molecule has 2 atom stereocenters. The van der Waals surface area contributed by atoms with Gasteiger partial charge in [0.05, 0.1) is 17.2 Å². The molecule has 6 rings (SSSR count). The number of hydrogen-bond donors (Lipinski definition) is 2. The van der Waals surface area contributed by atoms with Crippen LogP contribution in [0, 0.1) is 0 Å². The van der Waals surface area contributed by atoms with Crippen LogP contribution in [0.4, 0.5) is 19.3 Å². The second-order valence-corrected chi connectivity index (χ2v) is 9.36. The first-order chi connectivity index (χ1) is 17.1. The molecule has 0 fully saturated rings. The number of alkyl halides is 2. The Hall–Kier alpha value is -4.12. The van der Waals surface area contributed by atoms with E-state index in [1.807, 2.05) is 16.7 Å². The van der Waals surface area contributed by atoms with Crippen molar-refractivity contribution in [2.45, 2.75) is 44.6 Å². The Labute approximate surface area is 203 Å². The fourth-order valence-electron chi connectivity index (χ4n) is 5.25. The van der Waals surface area contributed by atoms with Crippen molar-refractivity contribution in [2.75, 3.05) is 4.90 Å². The van der Waals surface area contributed by atoms with E-state index in [1.54, 1.807) is 38.1 Å². The predicted octanol–water partition coefficient (Wildman–Crippen LogP) is 4.85. The first-order valence-corrected chi connectivity index (χ1v) is 11.3. The molecule has 2 aliphatic heterocycles. The highest BCUT2D eigenvalue weighted by molar-refractivity contribution is 5.94. The lowest BCUT2D eigenvalue weighted by atomic mass is 9.94. The van der Waals surface area contributed by atoms with Crippen LogP contribution < -0.4 is 9.64 Å². The average Bonchev–Trinajstić information content (AvgIpc) is 3.35. The third-order valence-electron chi connectivity index (χ3n) is 6.68. The highest BCUT2D eigenvalue weighted by atomic mass is 19.3. The van der Waals surface area contributed by atoms with Crippen LogP contribution in [-0.2, 0) is 5.60 Å². The minimum atomic E-state index is -3.11. The third kappa shape index (κ3) is 3.23. The Morgan fingerprint density at radius 2 is 1.86 bits per heavy atom. The Morgan fingerprint density at radius 3 is 2.53 bits per heavy atom. The number of anilines is 1. The van der Waals surface area contributed by atoms with Gasteiger partial charge in [0.25, 0.3) is 0 Å². The van der Waals surface area contributed by atoms with Crippen molar-refractivity contribution < 1.29 is 28.5 Å². The number of hydrogen-bond acceptors (Lipinski definition) is 6. The van der Waals surface area contributed by atoms with Crippen LogP contribution in [-0.4, -0.2) is 42.4 Å². The van der Waals surface area contributed by atoms with Crippen molar-refractivity contribution in [3.8, 4) is 16.9 Å². The summed E-state index contributed by atoms with van der Waals surface area (Å²) in [6.07, 6.45) is 2.21. The summed E-state index contributed by atoms with van der Waals surface area (Å²) in [4.78, 5) is 26.6. The van der Waals surface area contributed by atoms with Crippen molar-refractivity contribution in [2.24, 2.45) is 0 Å². The summed E-state index contributed by atoms with van der Waals surface area (Å²) >= 11 is 0. The van der Waals surface area contributed by atoms with Gasteiger partial charge in [0.2, 0.25) is 0 Å². The van der Waals surface area contributed by atoms with Gasteiger partial charge in [0, 0.05) is 29.9 Å². The largest absolute Gasteiger partial charge is 0.465 e. The molecule has 2 aliphatic rings. The van der Waals surface area contributed by atoms with Gasteiger partial charge in [-0.2, -0.15) is 8.78 Å². The summed E-state index contributed by atoms with van der Waals surface area (Å²) in [5.41, 5.74) is 1.57. The van der Waals surface area contributed by atoms with Crippen LogP contribution >= 0.6 is 0 Å². The van der Waals surface area contributed by atoms with Crippen LogP contribution in [0.5, 0.6) is 5.75 Å². The van der Waals surface area contributed by atoms with E-state index in [0.717, 1.165) is 5.56 Å². The number of rotatable bonds is 4. The molecule has 0 saturated carbocycles. The van der Waals surface area contributed by atoms with Crippen LogP contribution in [0.25, 0.3) is 22.2 Å². The predicted molar refractivity (Wildman–Crippen MR) is 125 cm³/mol. The van der Waals surface area contributed by atoms with Crippen molar-refractivity contribution >= 4 is 22.8 Å². The second-order valence-electron chi connectivity index (χ2n) is 9.36. The molecule has 9 nitrogen and oxygen atoms in total. The molecule has 4 aromatic rings. The van der Waals surface area contributed by atoms with Gasteiger partial charge >= 0.3 is 12.7 Å². The molecule has 0 spiro atoms. The number of ether oxygens (including phenoxy) is 1. The number of benzene rings is 2. The van der Waals surface area contributed by atoms with E-state index in [0.29, 0.717) is 40.1 Å². The lowest BCUT2D eigenvalue weighted by Crippen LogP contribution is -2.35. The van der Waals surface area contributed by atoms with Gasteiger partial charge in [-0.1, -0.05) is 18.2 Å². The number of carbonyl (C=O) groups is 1. The summed E-state index contributed by atoms with van der Waals surface area (Å²) in [6, 6.07) is 9.59. The van der Waals surface area contributed by atoms with E-state index in [4.69, 9.17) is 4.74 Å². The fraction of sp³-hybridized carbons (Fsp3) is 0.280. The number of nitrogens with zero attached hydrogens (tertiary/aromatic N) is 5. The molecule has 2 aromatic carbocycles. The molecule has 2 unspecified atom stereocenters. The van der Waals surface area contributed by atoms with E-state index in [9.17, 15) is 23.8 Å². The van der Waals surface area contributed by atoms with Gasteiger partial charge < -0.3 is 19.5 Å². The molecule has 36 heavy (non-hydrogen) atoms. The molecule has 2 N–H and O–H groups in total. The molecule has 2 bridgehead atoms. The summed E-state index contributed by atoms with van der Waals surface area (Å²) in [5, 5.41) is 20.1. The summed E-state index contributed by atoms with van der Waals surface area (Å²) in [7, 11) is 0. The molecular weight excluding hydrogens is 472 g/mol. The Kier molecular flexibility index (Phi) is 4.77. The monoisotopic (exact) mass is 493 g/mol. The fourth-order valence-corrected chi connectivity index (χ4v) is 5.25. The van der Waals surface area contributed by atoms with Gasteiger partial charge in [-0.25, -0.2) is 19.7 Å². The molecule has 0 radical (unpaired) electrons. The van der Waals surface area contributed by atoms with Gasteiger partial charge in [0.1, 0.15) is 23.0 Å². The number of fused-ring (bicyclic) bond motifs is 9. The summed E-state index contributed by atoms with van der Waals surface area (Å²) < 4.78 is 34.3. The standard InChI is InChI=1S/C25H21F2N5O4/c1-25(2,35)22-28-10-12(11-29-22)13-7-8-15-19(20(13)36-23(26)27)32-17-9-18(21(32)30-15)31(24(33)34)16-6-4-3-5-14(16)17/h3-8,10-11,17-18,23,35H,9H2,1-2H3,(H,33,34). The van der Waals surface area contributed by atoms with E-state index < -0.39 is 24.3 Å². The maximum Gasteiger partial charge on any atom is 0.412 e. The molecular formula is C25H21F2N5O4. The molecule has 0 aliphatic carbocycles. The van der Waals surface area contributed by atoms with Crippen molar-refractivity contribution in [3.05, 3.63) is 66.0 Å². The highest BCUT2D eigenvalue weighted by Gasteiger charge is 2.47. The van der Waals surface area contributed by atoms with Crippen LogP contribution in [0.15, 0.2) is 48.8 Å². The maximum atomic E-state index is 13.7. The number of imidazole rings is 1. The summed E-state index contributed by atoms with van der Waals surface area (Å²) in [6.45, 7) is -0.0168. The lowest BCUT2D eigenvalue weighted by Gasteiger charge is -2.32. The zero-order valence-corrected chi connectivity index (χ0v) is 19.3. The zero-order valence-electron chi connectivity index (χ0n) is 19.3. The molecule has 1 amide bonds. The number of para-hydroxylation sites is 1. The number of halogens is 2. The summed E-state index contributed by atoms with van der Waals surface area (Å²) in [5.74, 6) is 0.569. The highest BCUT2D eigenvalue weighted by Crippen LogP contribution is 2.54. The van der Waals surface area contributed by atoms with Gasteiger partial charge in [-0.15, -0.1) is 0 Å². The Bertz CT molecular complexity index is 1510. The first kappa shape index (κ1) is 22.4.